The van der Waals surface area contributed by atoms with E-state index in [1.54, 1.807) is 18.6 Å². The molecule has 4 nitrogen and oxygen atoms in total. The molecule has 1 atom stereocenters. The fourth-order valence-corrected chi connectivity index (χ4v) is 2.50. The lowest BCUT2D eigenvalue weighted by Gasteiger charge is -2.25. The van der Waals surface area contributed by atoms with E-state index in [4.69, 9.17) is 4.74 Å². The number of aryl methyl sites for hydroxylation is 1. The molecule has 1 aromatic heterocycles. The van der Waals surface area contributed by atoms with Crippen LogP contribution in [0.25, 0.3) is 0 Å². The monoisotopic (exact) mass is 306 g/mol. The summed E-state index contributed by atoms with van der Waals surface area (Å²) >= 11 is 3.36. The Hall–Kier alpha value is -1.62. The van der Waals surface area contributed by atoms with E-state index in [-0.39, 0.29) is 11.9 Å². The first kappa shape index (κ1) is 11.5. The molecule has 0 aliphatic carbocycles. The summed E-state index contributed by atoms with van der Waals surface area (Å²) in [5, 5.41) is 0. The van der Waals surface area contributed by atoms with Gasteiger partial charge in [-0.05, 0) is 18.2 Å². The van der Waals surface area contributed by atoms with E-state index in [0.29, 0.717) is 17.7 Å². The summed E-state index contributed by atoms with van der Waals surface area (Å²) in [6.07, 6.45) is 3.55. The molecule has 18 heavy (non-hydrogen) atoms. The van der Waals surface area contributed by atoms with Crippen LogP contribution in [0.3, 0.4) is 0 Å². The summed E-state index contributed by atoms with van der Waals surface area (Å²) in [7, 11) is 1.90. The molecular formula is C13H11BrN2O2. The predicted octanol–water partition coefficient (Wildman–Crippen LogP) is 2.89. The molecule has 0 amide bonds. The number of carbonyl (C=O) groups is 1. The lowest BCUT2D eigenvalue weighted by Crippen LogP contribution is -2.22. The van der Waals surface area contributed by atoms with Crippen molar-refractivity contribution in [2.45, 2.75) is 12.5 Å². The van der Waals surface area contributed by atoms with Gasteiger partial charge in [-0.25, -0.2) is 4.98 Å². The molecule has 2 aromatic rings. The van der Waals surface area contributed by atoms with Crippen LogP contribution in [0.5, 0.6) is 5.75 Å². The first-order chi connectivity index (χ1) is 8.65. The normalized spacial score (nSPS) is 18.3. The lowest BCUT2D eigenvalue weighted by atomic mass is 9.99. The van der Waals surface area contributed by atoms with Gasteiger partial charge in [-0.1, -0.05) is 15.9 Å². The van der Waals surface area contributed by atoms with E-state index in [2.05, 4.69) is 20.9 Å². The number of ketones is 1. The number of benzene rings is 1. The van der Waals surface area contributed by atoms with Crippen LogP contribution in [0.2, 0.25) is 0 Å². The highest BCUT2D eigenvalue weighted by atomic mass is 79.9. The van der Waals surface area contributed by atoms with Crippen molar-refractivity contribution in [2.24, 2.45) is 7.05 Å². The quantitative estimate of drug-likeness (QED) is 0.813. The van der Waals surface area contributed by atoms with Crippen LogP contribution < -0.4 is 4.74 Å². The Morgan fingerprint density at radius 2 is 2.33 bits per heavy atom. The second-order valence-electron chi connectivity index (χ2n) is 4.30. The molecule has 0 radical (unpaired) electrons. The number of rotatable bonds is 1. The second kappa shape index (κ2) is 4.24. The molecular weight excluding hydrogens is 296 g/mol. The molecule has 1 unspecified atom stereocenters. The minimum Gasteiger partial charge on any atom is -0.483 e. The highest BCUT2D eigenvalue weighted by Crippen LogP contribution is 2.35. The van der Waals surface area contributed by atoms with Gasteiger partial charge < -0.3 is 9.30 Å². The van der Waals surface area contributed by atoms with Gasteiger partial charge in [0.2, 0.25) is 0 Å². The number of aromatic nitrogens is 2. The third-order valence-electron chi connectivity index (χ3n) is 3.07. The van der Waals surface area contributed by atoms with Crippen molar-refractivity contribution in [1.29, 1.82) is 0 Å². The van der Waals surface area contributed by atoms with Crippen molar-refractivity contribution in [3.8, 4) is 5.75 Å². The van der Waals surface area contributed by atoms with Crippen LogP contribution in [-0.2, 0) is 7.05 Å². The first-order valence-electron chi connectivity index (χ1n) is 5.61. The van der Waals surface area contributed by atoms with Crippen LogP contribution in [0.4, 0.5) is 0 Å². The van der Waals surface area contributed by atoms with Crippen LogP contribution in [0.1, 0.15) is 28.6 Å². The summed E-state index contributed by atoms with van der Waals surface area (Å²) in [4.78, 5) is 16.2. The zero-order chi connectivity index (χ0) is 12.7. The Bertz CT molecular complexity index is 621. The highest BCUT2D eigenvalue weighted by molar-refractivity contribution is 9.10. The van der Waals surface area contributed by atoms with E-state index in [9.17, 15) is 4.79 Å². The van der Waals surface area contributed by atoms with Gasteiger partial charge in [-0.2, -0.15) is 0 Å². The van der Waals surface area contributed by atoms with Crippen molar-refractivity contribution >= 4 is 21.7 Å². The largest absolute Gasteiger partial charge is 0.483 e. The van der Waals surface area contributed by atoms with E-state index >= 15 is 0 Å². The number of ether oxygens (including phenoxy) is 1. The molecule has 92 valence electrons. The zero-order valence-electron chi connectivity index (χ0n) is 9.76. The number of nitrogens with zero attached hydrogens (tertiary/aromatic N) is 2. The zero-order valence-corrected chi connectivity index (χ0v) is 11.3. The number of Topliss-reactive ketones (excluding diaryl/α,β-unsaturated/α-hetero) is 1. The van der Waals surface area contributed by atoms with E-state index in [0.717, 1.165) is 10.2 Å². The van der Waals surface area contributed by atoms with Crippen molar-refractivity contribution in [3.63, 3.8) is 0 Å². The molecule has 0 saturated carbocycles. The third kappa shape index (κ3) is 1.84. The van der Waals surface area contributed by atoms with Gasteiger partial charge in [-0.3, -0.25) is 4.79 Å². The van der Waals surface area contributed by atoms with Gasteiger partial charge in [0.15, 0.2) is 5.78 Å². The molecule has 1 aliphatic rings. The number of hydrogen-bond donors (Lipinski definition) is 0. The Kier molecular flexibility index (Phi) is 2.70. The molecule has 1 aromatic carbocycles. The fraction of sp³-hybridized carbons (Fsp3) is 0.231. The Balaban J connectivity index is 2.00. The highest BCUT2D eigenvalue weighted by Gasteiger charge is 2.29. The summed E-state index contributed by atoms with van der Waals surface area (Å²) in [5.41, 5.74) is 1.56. The van der Waals surface area contributed by atoms with Crippen LogP contribution >= 0.6 is 15.9 Å². The van der Waals surface area contributed by atoms with E-state index < -0.39 is 0 Å². The molecule has 0 saturated heterocycles. The van der Waals surface area contributed by atoms with Crippen LogP contribution in [-0.4, -0.2) is 15.3 Å². The summed E-state index contributed by atoms with van der Waals surface area (Å²) in [6, 6.07) is 5.49. The second-order valence-corrected chi connectivity index (χ2v) is 5.22. The SMILES string of the molecule is Cn1cncc1C1CC(=O)c2cc(Br)ccc2O1. The summed E-state index contributed by atoms with van der Waals surface area (Å²) < 4.78 is 8.64. The van der Waals surface area contributed by atoms with Gasteiger partial charge >= 0.3 is 0 Å². The van der Waals surface area contributed by atoms with E-state index in [1.807, 2.05) is 23.7 Å². The van der Waals surface area contributed by atoms with Gasteiger partial charge in [0.05, 0.1) is 30.2 Å². The molecule has 5 heteroatoms. The minimum absolute atomic E-state index is 0.101. The van der Waals surface area contributed by atoms with Crippen LogP contribution in [0, 0.1) is 0 Å². The van der Waals surface area contributed by atoms with E-state index in [1.165, 1.54) is 0 Å². The van der Waals surface area contributed by atoms with Gasteiger partial charge in [0.25, 0.3) is 0 Å². The van der Waals surface area contributed by atoms with Crippen molar-refractivity contribution < 1.29 is 9.53 Å². The number of halogens is 1. The third-order valence-corrected chi connectivity index (χ3v) is 3.56. The number of hydrogen-bond acceptors (Lipinski definition) is 3. The van der Waals surface area contributed by atoms with Gasteiger partial charge in [0.1, 0.15) is 11.9 Å². The smallest absolute Gasteiger partial charge is 0.170 e. The predicted molar refractivity (Wildman–Crippen MR) is 69.7 cm³/mol. The maximum absolute atomic E-state index is 12.1. The lowest BCUT2D eigenvalue weighted by molar-refractivity contribution is 0.0841. The number of carbonyl (C=O) groups excluding carboxylic acids is 1. The summed E-state index contributed by atoms with van der Waals surface area (Å²) in [6.45, 7) is 0. The number of imidazole rings is 1. The van der Waals surface area contributed by atoms with Crippen LogP contribution in [0.15, 0.2) is 35.2 Å². The average molecular weight is 307 g/mol. The standard InChI is InChI=1S/C13H11BrN2O2/c1-16-7-15-6-10(16)13-5-11(17)9-4-8(14)2-3-12(9)18-13/h2-4,6-7,13H,5H2,1H3. The first-order valence-corrected chi connectivity index (χ1v) is 6.40. The van der Waals surface area contributed by atoms with Crippen molar-refractivity contribution in [1.82, 2.24) is 9.55 Å². The topological polar surface area (TPSA) is 44.1 Å². The molecule has 0 spiro atoms. The van der Waals surface area contributed by atoms with Crippen molar-refractivity contribution in [2.75, 3.05) is 0 Å². The Labute approximate surface area is 113 Å². The molecule has 0 bridgehead atoms. The Morgan fingerprint density at radius 1 is 1.50 bits per heavy atom. The molecule has 0 fully saturated rings. The summed E-state index contributed by atoms with van der Waals surface area (Å²) in [5.74, 6) is 0.740. The average Bonchev–Trinajstić information content (AvgIpc) is 2.76. The molecule has 0 N–H and O–H groups in total. The molecule has 1 aliphatic heterocycles. The molecule has 3 rings (SSSR count). The fourth-order valence-electron chi connectivity index (χ4n) is 2.14. The maximum atomic E-state index is 12.1. The van der Waals surface area contributed by atoms with Gasteiger partial charge in [0, 0.05) is 11.5 Å². The maximum Gasteiger partial charge on any atom is 0.170 e. The Morgan fingerprint density at radius 3 is 3.06 bits per heavy atom. The van der Waals surface area contributed by atoms with Crippen molar-refractivity contribution in [3.05, 3.63) is 46.5 Å². The minimum atomic E-state index is -0.251. The number of fused-ring (bicyclic) bond motifs is 1. The van der Waals surface area contributed by atoms with Gasteiger partial charge in [-0.15, -0.1) is 0 Å². The molecule has 2 heterocycles.